The molecule has 0 unspecified atom stereocenters. The van der Waals surface area contributed by atoms with Crippen molar-refractivity contribution in [2.45, 2.75) is 0 Å². The largest absolute Gasteiger partial charge is 0.478 e. The second-order valence-corrected chi connectivity index (χ2v) is 5.75. The number of amides is 1. The van der Waals surface area contributed by atoms with Crippen molar-refractivity contribution >= 4 is 40.6 Å². The number of carboxylic acids is 1. The minimum Gasteiger partial charge on any atom is -0.478 e. The van der Waals surface area contributed by atoms with E-state index in [0.717, 1.165) is 0 Å². The molecule has 1 amide bonds. The van der Waals surface area contributed by atoms with Gasteiger partial charge in [0.1, 0.15) is 5.76 Å². The van der Waals surface area contributed by atoms with Crippen molar-refractivity contribution in [2.24, 2.45) is 4.99 Å². The highest BCUT2D eigenvalue weighted by Crippen LogP contribution is 2.33. The molecular formula is C16H12N2O4S. The van der Waals surface area contributed by atoms with Crippen molar-refractivity contribution in [3.8, 4) is 0 Å². The molecule has 1 N–H and O–H groups in total. The molecule has 1 aromatic carbocycles. The smallest absolute Gasteiger partial charge is 0.335 e. The number of aliphatic imine (C=N–C) groups is 1. The topological polar surface area (TPSA) is 83.1 Å². The Bertz CT molecular complexity index is 824. The zero-order chi connectivity index (χ0) is 16.4. The maximum Gasteiger partial charge on any atom is 0.335 e. The van der Waals surface area contributed by atoms with Gasteiger partial charge in [-0.2, -0.15) is 0 Å². The van der Waals surface area contributed by atoms with Crippen LogP contribution in [0.25, 0.3) is 6.08 Å². The molecule has 0 saturated carbocycles. The van der Waals surface area contributed by atoms with E-state index in [1.54, 1.807) is 37.4 Å². The number of rotatable bonds is 3. The van der Waals surface area contributed by atoms with Gasteiger partial charge in [0.05, 0.1) is 22.4 Å². The van der Waals surface area contributed by atoms with Crippen LogP contribution in [0.2, 0.25) is 0 Å². The van der Waals surface area contributed by atoms with Crippen LogP contribution in [-0.2, 0) is 4.79 Å². The predicted octanol–water partition coefficient (Wildman–Crippen LogP) is 3.21. The van der Waals surface area contributed by atoms with Gasteiger partial charge in [0.15, 0.2) is 5.17 Å². The van der Waals surface area contributed by atoms with Crippen LogP contribution in [0, 0.1) is 0 Å². The number of carboxylic acid groups (broad SMARTS) is 1. The van der Waals surface area contributed by atoms with E-state index in [-0.39, 0.29) is 11.5 Å². The fourth-order valence-electron chi connectivity index (χ4n) is 1.97. The SMILES string of the molecule is CN1C(=O)/C(=C/c2ccco2)SC1=Nc1cccc(C(=O)O)c1. The minimum atomic E-state index is -1.02. The van der Waals surface area contributed by atoms with Crippen molar-refractivity contribution in [1.82, 2.24) is 4.90 Å². The summed E-state index contributed by atoms with van der Waals surface area (Å²) in [6.07, 6.45) is 3.19. The van der Waals surface area contributed by atoms with Crippen molar-refractivity contribution in [3.63, 3.8) is 0 Å². The second-order valence-electron chi connectivity index (χ2n) is 4.74. The molecule has 0 aliphatic carbocycles. The summed E-state index contributed by atoms with van der Waals surface area (Å²) in [7, 11) is 1.62. The van der Waals surface area contributed by atoms with Gasteiger partial charge in [-0.15, -0.1) is 0 Å². The Morgan fingerprint density at radius 2 is 2.17 bits per heavy atom. The number of likely N-dealkylation sites (N-methyl/N-ethyl adjacent to an activating group) is 1. The number of nitrogens with zero attached hydrogens (tertiary/aromatic N) is 2. The third-order valence-electron chi connectivity index (χ3n) is 3.14. The molecule has 0 bridgehead atoms. The molecule has 7 heteroatoms. The molecule has 1 saturated heterocycles. The average molecular weight is 328 g/mol. The van der Waals surface area contributed by atoms with Crippen LogP contribution >= 0.6 is 11.8 Å². The van der Waals surface area contributed by atoms with Gasteiger partial charge in [0, 0.05) is 13.1 Å². The zero-order valence-corrected chi connectivity index (χ0v) is 12.9. The first-order chi connectivity index (χ1) is 11.0. The predicted molar refractivity (Wildman–Crippen MR) is 87.5 cm³/mol. The van der Waals surface area contributed by atoms with Crippen molar-refractivity contribution in [1.29, 1.82) is 0 Å². The van der Waals surface area contributed by atoms with Crippen molar-refractivity contribution in [2.75, 3.05) is 7.05 Å². The standard InChI is InChI=1S/C16H12N2O4S/c1-18-14(19)13(9-12-6-3-7-22-12)23-16(18)17-11-5-2-4-10(8-11)15(20)21/h2-9H,1H3,(H,20,21)/b13-9-,17-16?. The molecule has 3 rings (SSSR count). The lowest BCUT2D eigenvalue weighted by atomic mass is 10.2. The van der Waals surface area contributed by atoms with Crippen molar-refractivity contribution in [3.05, 3.63) is 58.9 Å². The van der Waals surface area contributed by atoms with Gasteiger partial charge in [-0.25, -0.2) is 9.79 Å². The molecule has 2 heterocycles. The van der Waals surface area contributed by atoms with E-state index >= 15 is 0 Å². The number of thioether (sulfide) groups is 1. The summed E-state index contributed by atoms with van der Waals surface area (Å²) in [6.45, 7) is 0. The lowest BCUT2D eigenvalue weighted by Crippen LogP contribution is -2.23. The van der Waals surface area contributed by atoms with Crippen LogP contribution in [0.1, 0.15) is 16.1 Å². The van der Waals surface area contributed by atoms with Gasteiger partial charge in [-0.05, 0) is 42.1 Å². The Hall–Kier alpha value is -2.80. The summed E-state index contributed by atoms with van der Waals surface area (Å²) in [5.41, 5.74) is 0.626. The summed E-state index contributed by atoms with van der Waals surface area (Å²) in [6, 6.07) is 9.75. The van der Waals surface area contributed by atoms with Gasteiger partial charge >= 0.3 is 5.97 Å². The number of amidine groups is 1. The normalized spacial score (nSPS) is 18.1. The van der Waals surface area contributed by atoms with E-state index in [9.17, 15) is 9.59 Å². The maximum atomic E-state index is 12.2. The molecule has 2 aromatic rings. The summed E-state index contributed by atoms with van der Waals surface area (Å²) in [5, 5.41) is 9.49. The average Bonchev–Trinajstić information content (AvgIpc) is 3.13. The number of hydrogen-bond acceptors (Lipinski definition) is 5. The van der Waals surface area contributed by atoms with E-state index in [1.807, 2.05) is 0 Å². The van der Waals surface area contributed by atoms with Crippen LogP contribution in [0.15, 0.2) is 57.0 Å². The summed E-state index contributed by atoms with van der Waals surface area (Å²) in [5.74, 6) is -0.614. The lowest BCUT2D eigenvalue weighted by Gasteiger charge is -2.07. The Kier molecular flexibility index (Phi) is 4.03. The quantitative estimate of drug-likeness (QED) is 0.875. The van der Waals surface area contributed by atoms with Crippen LogP contribution in [-0.4, -0.2) is 34.1 Å². The van der Waals surface area contributed by atoms with Crippen LogP contribution in [0.3, 0.4) is 0 Å². The Balaban J connectivity index is 1.90. The summed E-state index contributed by atoms with van der Waals surface area (Å²) in [4.78, 5) is 29.5. The van der Waals surface area contributed by atoms with Crippen LogP contribution in [0.4, 0.5) is 5.69 Å². The van der Waals surface area contributed by atoms with Gasteiger partial charge in [-0.1, -0.05) is 6.07 Å². The molecule has 1 aliphatic heterocycles. The summed E-state index contributed by atoms with van der Waals surface area (Å²) < 4.78 is 5.21. The Labute approximate surface area is 136 Å². The Morgan fingerprint density at radius 1 is 1.35 bits per heavy atom. The van der Waals surface area contributed by atoms with Crippen LogP contribution < -0.4 is 0 Å². The van der Waals surface area contributed by atoms with E-state index in [2.05, 4.69) is 4.99 Å². The third-order valence-corrected chi connectivity index (χ3v) is 4.20. The molecular weight excluding hydrogens is 316 g/mol. The molecule has 0 spiro atoms. The Morgan fingerprint density at radius 3 is 2.87 bits per heavy atom. The number of hydrogen-bond donors (Lipinski definition) is 1. The first-order valence-electron chi connectivity index (χ1n) is 6.68. The first kappa shape index (κ1) is 15.1. The van der Waals surface area contributed by atoms with Crippen molar-refractivity contribution < 1.29 is 19.1 Å². The monoisotopic (exact) mass is 328 g/mol. The van der Waals surface area contributed by atoms with E-state index in [0.29, 0.717) is 21.5 Å². The van der Waals surface area contributed by atoms with Gasteiger partial charge < -0.3 is 9.52 Å². The van der Waals surface area contributed by atoms with Gasteiger partial charge in [-0.3, -0.25) is 9.69 Å². The number of furan rings is 1. The summed E-state index contributed by atoms with van der Waals surface area (Å²) >= 11 is 1.21. The molecule has 0 atom stereocenters. The molecule has 23 heavy (non-hydrogen) atoms. The fraction of sp³-hybridized carbons (Fsp3) is 0.0625. The number of carbonyl (C=O) groups excluding carboxylic acids is 1. The first-order valence-corrected chi connectivity index (χ1v) is 7.49. The van der Waals surface area contributed by atoms with Gasteiger partial charge in [0.2, 0.25) is 0 Å². The number of benzene rings is 1. The molecule has 0 radical (unpaired) electrons. The van der Waals surface area contributed by atoms with E-state index < -0.39 is 5.97 Å². The molecule has 116 valence electrons. The second kappa shape index (κ2) is 6.13. The maximum absolute atomic E-state index is 12.2. The number of carbonyl (C=O) groups is 2. The van der Waals surface area contributed by atoms with E-state index in [1.165, 1.54) is 35.1 Å². The zero-order valence-electron chi connectivity index (χ0n) is 12.1. The highest BCUT2D eigenvalue weighted by atomic mass is 32.2. The number of aromatic carboxylic acids is 1. The fourth-order valence-corrected chi connectivity index (χ4v) is 2.94. The molecule has 1 fully saturated rings. The molecule has 1 aromatic heterocycles. The highest BCUT2D eigenvalue weighted by Gasteiger charge is 2.30. The highest BCUT2D eigenvalue weighted by molar-refractivity contribution is 8.18. The van der Waals surface area contributed by atoms with E-state index in [4.69, 9.17) is 9.52 Å². The molecule has 1 aliphatic rings. The minimum absolute atomic E-state index is 0.148. The molecule has 6 nitrogen and oxygen atoms in total. The lowest BCUT2D eigenvalue weighted by molar-refractivity contribution is -0.121. The van der Waals surface area contributed by atoms with Crippen LogP contribution in [0.5, 0.6) is 0 Å². The van der Waals surface area contributed by atoms with Gasteiger partial charge in [0.25, 0.3) is 5.91 Å². The third kappa shape index (κ3) is 3.19.